The zero-order valence-corrected chi connectivity index (χ0v) is 9.33. The minimum atomic E-state index is 0.424. The molecule has 0 atom stereocenters. The first kappa shape index (κ1) is 10.5. The number of ether oxygens (including phenoxy) is 1. The fourth-order valence-electron chi connectivity index (χ4n) is 1.93. The lowest BCUT2D eigenvalue weighted by molar-refractivity contribution is 0.340. The maximum atomic E-state index is 5.77. The Bertz CT molecular complexity index is 314. The molecule has 15 heavy (non-hydrogen) atoms. The maximum Gasteiger partial charge on any atom is 0.119 e. The molecule has 0 aliphatic heterocycles. The molecule has 0 heterocycles. The van der Waals surface area contributed by atoms with Crippen molar-refractivity contribution in [2.45, 2.75) is 26.2 Å². The highest BCUT2D eigenvalue weighted by atomic mass is 16.5. The van der Waals surface area contributed by atoms with Crippen LogP contribution in [0.1, 0.15) is 25.3 Å². The lowest BCUT2D eigenvalue weighted by Crippen LogP contribution is -2.17. The van der Waals surface area contributed by atoms with Gasteiger partial charge in [-0.1, -0.05) is 12.1 Å². The van der Waals surface area contributed by atoms with Gasteiger partial charge in [0.2, 0.25) is 0 Å². The summed E-state index contributed by atoms with van der Waals surface area (Å²) in [4.78, 5) is 0. The third kappa shape index (κ3) is 2.51. The molecule has 0 spiro atoms. The predicted molar refractivity (Wildman–Crippen MR) is 62.0 cm³/mol. The van der Waals surface area contributed by atoms with Crippen LogP contribution in [0.3, 0.4) is 0 Å². The Morgan fingerprint density at radius 2 is 1.93 bits per heavy atom. The van der Waals surface area contributed by atoms with E-state index in [9.17, 15) is 0 Å². The van der Waals surface area contributed by atoms with E-state index in [4.69, 9.17) is 10.5 Å². The van der Waals surface area contributed by atoms with Crippen molar-refractivity contribution in [2.24, 2.45) is 11.1 Å². The van der Waals surface area contributed by atoms with E-state index in [1.54, 1.807) is 0 Å². The molecule has 1 fully saturated rings. The van der Waals surface area contributed by atoms with Crippen molar-refractivity contribution < 1.29 is 4.74 Å². The molecule has 0 aromatic heterocycles. The van der Waals surface area contributed by atoms with Crippen LogP contribution in [0.15, 0.2) is 24.3 Å². The minimum absolute atomic E-state index is 0.424. The monoisotopic (exact) mass is 205 g/mol. The van der Waals surface area contributed by atoms with E-state index >= 15 is 0 Å². The highest BCUT2D eigenvalue weighted by molar-refractivity contribution is 5.28. The van der Waals surface area contributed by atoms with Crippen LogP contribution in [-0.2, 0) is 6.42 Å². The van der Waals surface area contributed by atoms with Crippen molar-refractivity contribution in [3.63, 3.8) is 0 Å². The van der Waals surface area contributed by atoms with Gasteiger partial charge in [-0.15, -0.1) is 0 Å². The van der Waals surface area contributed by atoms with Gasteiger partial charge in [-0.3, -0.25) is 0 Å². The van der Waals surface area contributed by atoms with Gasteiger partial charge in [-0.2, -0.15) is 0 Å². The van der Waals surface area contributed by atoms with Crippen LogP contribution >= 0.6 is 0 Å². The Hall–Kier alpha value is -1.02. The summed E-state index contributed by atoms with van der Waals surface area (Å²) in [6.45, 7) is 3.55. The van der Waals surface area contributed by atoms with Gasteiger partial charge in [0.15, 0.2) is 0 Å². The molecule has 0 unspecified atom stereocenters. The standard InChI is InChI=1S/C13H19NO/c1-2-15-12-5-3-11(4-6-12)9-13(10-14)7-8-13/h3-6H,2,7-10,14H2,1H3. The largest absolute Gasteiger partial charge is 0.494 e. The SMILES string of the molecule is CCOc1ccc(CC2(CN)CC2)cc1. The molecule has 2 rings (SSSR count). The molecule has 0 bridgehead atoms. The van der Waals surface area contributed by atoms with Crippen molar-refractivity contribution in [1.29, 1.82) is 0 Å². The average Bonchev–Trinajstić information content (AvgIpc) is 3.02. The van der Waals surface area contributed by atoms with Gasteiger partial charge < -0.3 is 10.5 Å². The Kier molecular flexibility index (Phi) is 2.96. The molecule has 82 valence electrons. The first-order chi connectivity index (χ1) is 7.28. The Labute approximate surface area is 91.4 Å². The minimum Gasteiger partial charge on any atom is -0.494 e. The zero-order valence-electron chi connectivity index (χ0n) is 9.33. The summed E-state index contributed by atoms with van der Waals surface area (Å²) in [5, 5.41) is 0. The number of rotatable bonds is 5. The molecule has 2 nitrogen and oxygen atoms in total. The van der Waals surface area contributed by atoms with Crippen LogP contribution in [0.5, 0.6) is 5.75 Å². The van der Waals surface area contributed by atoms with E-state index < -0.39 is 0 Å². The molecule has 1 aromatic carbocycles. The fourth-order valence-corrected chi connectivity index (χ4v) is 1.93. The van der Waals surface area contributed by atoms with Crippen LogP contribution in [0.25, 0.3) is 0 Å². The Morgan fingerprint density at radius 1 is 1.27 bits per heavy atom. The predicted octanol–water partition coefficient (Wildman–Crippen LogP) is 2.37. The average molecular weight is 205 g/mol. The van der Waals surface area contributed by atoms with Crippen molar-refractivity contribution in [2.75, 3.05) is 13.2 Å². The van der Waals surface area contributed by atoms with Gasteiger partial charge in [-0.05, 0) is 55.8 Å². The van der Waals surface area contributed by atoms with Crippen LogP contribution in [0.2, 0.25) is 0 Å². The van der Waals surface area contributed by atoms with Gasteiger partial charge in [-0.25, -0.2) is 0 Å². The highest BCUT2D eigenvalue weighted by Gasteiger charge is 2.40. The number of hydrogen-bond acceptors (Lipinski definition) is 2. The fraction of sp³-hybridized carbons (Fsp3) is 0.538. The Morgan fingerprint density at radius 3 is 2.40 bits per heavy atom. The molecule has 1 aromatic rings. The summed E-state index contributed by atoms with van der Waals surface area (Å²) < 4.78 is 5.41. The normalized spacial score (nSPS) is 17.5. The summed E-state index contributed by atoms with van der Waals surface area (Å²) >= 11 is 0. The van der Waals surface area contributed by atoms with E-state index in [1.165, 1.54) is 18.4 Å². The first-order valence-corrected chi connectivity index (χ1v) is 5.70. The Balaban J connectivity index is 1.98. The molecule has 0 saturated heterocycles. The maximum absolute atomic E-state index is 5.77. The molecular weight excluding hydrogens is 186 g/mol. The molecule has 1 saturated carbocycles. The molecule has 1 aliphatic rings. The third-order valence-electron chi connectivity index (χ3n) is 3.20. The van der Waals surface area contributed by atoms with Crippen LogP contribution in [0, 0.1) is 5.41 Å². The molecule has 2 heteroatoms. The first-order valence-electron chi connectivity index (χ1n) is 5.70. The van der Waals surface area contributed by atoms with E-state index in [1.807, 2.05) is 19.1 Å². The van der Waals surface area contributed by atoms with Gasteiger partial charge in [0.05, 0.1) is 6.61 Å². The molecule has 0 amide bonds. The van der Waals surface area contributed by atoms with E-state index in [0.29, 0.717) is 5.41 Å². The topological polar surface area (TPSA) is 35.2 Å². The summed E-state index contributed by atoms with van der Waals surface area (Å²) in [6.07, 6.45) is 3.70. The van der Waals surface area contributed by atoms with E-state index in [-0.39, 0.29) is 0 Å². The van der Waals surface area contributed by atoms with Crippen LogP contribution in [0.4, 0.5) is 0 Å². The highest BCUT2D eigenvalue weighted by Crippen LogP contribution is 2.47. The van der Waals surface area contributed by atoms with Crippen molar-refractivity contribution in [3.8, 4) is 5.75 Å². The number of benzene rings is 1. The third-order valence-corrected chi connectivity index (χ3v) is 3.20. The zero-order chi connectivity index (χ0) is 10.7. The second kappa shape index (κ2) is 4.23. The number of hydrogen-bond donors (Lipinski definition) is 1. The number of nitrogens with two attached hydrogens (primary N) is 1. The quantitative estimate of drug-likeness (QED) is 0.801. The van der Waals surface area contributed by atoms with Gasteiger partial charge >= 0.3 is 0 Å². The van der Waals surface area contributed by atoms with Crippen molar-refractivity contribution in [1.82, 2.24) is 0 Å². The lowest BCUT2D eigenvalue weighted by Gasteiger charge is -2.12. The summed E-state index contributed by atoms with van der Waals surface area (Å²) in [7, 11) is 0. The lowest BCUT2D eigenvalue weighted by atomic mass is 9.97. The van der Waals surface area contributed by atoms with Crippen molar-refractivity contribution in [3.05, 3.63) is 29.8 Å². The van der Waals surface area contributed by atoms with Crippen LogP contribution < -0.4 is 10.5 Å². The second-order valence-corrected chi connectivity index (χ2v) is 4.46. The molecule has 2 N–H and O–H groups in total. The molecular formula is C13H19NO. The smallest absolute Gasteiger partial charge is 0.119 e. The summed E-state index contributed by atoms with van der Waals surface area (Å²) in [6, 6.07) is 8.40. The van der Waals surface area contributed by atoms with Crippen LogP contribution in [-0.4, -0.2) is 13.2 Å². The van der Waals surface area contributed by atoms with Gasteiger partial charge in [0.25, 0.3) is 0 Å². The van der Waals surface area contributed by atoms with Crippen molar-refractivity contribution >= 4 is 0 Å². The van der Waals surface area contributed by atoms with Gasteiger partial charge in [0.1, 0.15) is 5.75 Å². The molecule has 0 radical (unpaired) electrons. The van der Waals surface area contributed by atoms with E-state index in [0.717, 1.165) is 25.3 Å². The molecule has 1 aliphatic carbocycles. The van der Waals surface area contributed by atoms with Gasteiger partial charge in [0, 0.05) is 0 Å². The second-order valence-electron chi connectivity index (χ2n) is 4.46. The summed E-state index contributed by atoms with van der Waals surface area (Å²) in [5.74, 6) is 0.957. The van der Waals surface area contributed by atoms with E-state index in [2.05, 4.69) is 12.1 Å². The summed E-state index contributed by atoms with van der Waals surface area (Å²) in [5.41, 5.74) is 7.57.